The second kappa shape index (κ2) is 9.41. The van der Waals surface area contributed by atoms with E-state index in [1.54, 1.807) is 7.11 Å². The fraction of sp³-hybridized carbons (Fsp3) is 0.440. The number of anilines is 1. The van der Waals surface area contributed by atoms with Gasteiger partial charge in [-0.3, -0.25) is 9.69 Å². The number of hydrogen-bond acceptors (Lipinski definition) is 6. The van der Waals surface area contributed by atoms with Crippen LogP contribution in [0.3, 0.4) is 0 Å². The molecular formula is C25H31N5O3. The number of pyridine rings is 1. The van der Waals surface area contributed by atoms with Crippen LogP contribution in [0.15, 0.2) is 36.7 Å². The number of aromatic amines is 1. The molecule has 3 aromatic rings. The van der Waals surface area contributed by atoms with Crippen LogP contribution in [0.25, 0.3) is 22.2 Å². The van der Waals surface area contributed by atoms with Gasteiger partial charge in [0.25, 0.3) is 5.91 Å². The number of hydrogen-bond donors (Lipinski definition) is 2. The largest absolute Gasteiger partial charge is 0.496 e. The third-order valence-corrected chi connectivity index (χ3v) is 6.89. The summed E-state index contributed by atoms with van der Waals surface area (Å²) < 4.78 is 11.2. The number of likely N-dealkylation sites (tertiary alicyclic amines) is 1. The van der Waals surface area contributed by atoms with Crippen molar-refractivity contribution < 1.29 is 14.3 Å². The van der Waals surface area contributed by atoms with E-state index in [0.29, 0.717) is 17.4 Å². The SMILES string of the molecule is CNc1c(-c2ccc(C(=O)N3CCC(N4CCOCC4)CC3)cc2OC)cnc2[nH]ccc12. The van der Waals surface area contributed by atoms with E-state index in [2.05, 4.69) is 20.2 Å². The normalized spacial score (nSPS) is 17.9. The average molecular weight is 450 g/mol. The highest BCUT2D eigenvalue weighted by atomic mass is 16.5. The summed E-state index contributed by atoms with van der Waals surface area (Å²) in [6.07, 6.45) is 5.73. The topological polar surface area (TPSA) is 82.7 Å². The number of amides is 1. The first-order chi connectivity index (χ1) is 16.2. The summed E-state index contributed by atoms with van der Waals surface area (Å²) in [7, 11) is 3.54. The van der Waals surface area contributed by atoms with Crippen LogP contribution in [0.1, 0.15) is 23.2 Å². The molecule has 2 fully saturated rings. The van der Waals surface area contributed by atoms with Gasteiger partial charge in [0.1, 0.15) is 11.4 Å². The van der Waals surface area contributed by atoms with Crippen LogP contribution in [0.4, 0.5) is 5.69 Å². The molecule has 8 heteroatoms. The lowest BCUT2D eigenvalue weighted by Gasteiger charge is -2.40. The van der Waals surface area contributed by atoms with E-state index < -0.39 is 0 Å². The number of ether oxygens (including phenoxy) is 2. The van der Waals surface area contributed by atoms with E-state index in [0.717, 1.165) is 80.1 Å². The van der Waals surface area contributed by atoms with Crippen LogP contribution >= 0.6 is 0 Å². The maximum atomic E-state index is 13.3. The summed E-state index contributed by atoms with van der Waals surface area (Å²) >= 11 is 0. The van der Waals surface area contributed by atoms with Gasteiger partial charge in [-0.1, -0.05) is 0 Å². The quantitative estimate of drug-likeness (QED) is 0.623. The molecule has 0 aliphatic carbocycles. The van der Waals surface area contributed by atoms with Gasteiger partial charge >= 0.3 is 0 Å². The van der Waals surface area contributed by atoms with Gasteiger partial charge in [0.15, 0.2) is 0 Å². The highest BCUT2D eigenvalue weighted by Crippen LogP contribution is 2.38. The van der Waals surface area contributed by atoms with Crippen LogP contribution in [0.2, 0.25) is 0 Å². The molecule has 2 aliphatic heterocycles. The van der Waals surface area contributed by atoms with Crippen LogP contribution < -0.4 is 10.1 Å². The van der Waals surface area contributed by atoms with Crippen molar-refractivity contribution in [3.8, 4) is 16.9 Å². The molecule has 2 N–H and O–H groups in total. The third-order valence-electron chi connectivity index (χ3n) is 6.89. The van der Waals surface area contributed by atoms with E-state index in [4.69, 9.17) is 9.47 Å². The molecular weight excluding hydrogens is 418 g/mol. The van der Waals surface area contributed by atoms with Crippen molar-refractivity contribution in [3.63, 3.8) is 0 Å². The molecule has 0 radical (unpaired) electrons. The Kier molecular flexibility index (Phi) is 6.20. The fourth-order valence-electron chi connectivity index (χ4n) is 5.09. The zero-order chi connectivity index (χ0) is 22.8. The van der Waals surface area contributed by atoms with Crippen molar-refractivity contribution in [3.05, 3.63) is 42.2 Å². The predicted octanol–water partition coefficient (Wildman–Crippen LogP) is 3.22. The highest BCUT2D eigenvalue weighted by Gasteiger charge is 2.28. The van der Waals surface area contributed by atoms with E-state index in [-0.39, 0.29) is 5.91 Å². The van der Waals surface area contributed by atoms with E-state index in [9.17, 15) is 4.79 Å². The first-order valence-corrected chi connectivity index (χ1v) is 11.6. The Morgan fingerprint density at radius 1 is 1.15 bits per heavy atom. The first kappa shape index (κ1) is 21.7. The van der Waals surface area contributed by atoms with E-state index in [1.165, 1.54) is 0 Å². The van der Waals surface area contributed by atoms with Crippen molar-refractivity contribution in [1.29, 1.82) is 0 Å². The second-order valence-electron chi connectivity index (χ2n) is 8.62. The number of carbonyl (C=O) groups excluding carboxylic acids is 1. The number of fused-ring (bicyclic) bond motifs is 1. The van der Waals surface area contributed by atoms with Crippen LogP contribution in [0, 0.1) is 0 Å². The van der Waals surface area contributed by atoms with Gasteiger partial charge in [0, 0.05) is 73.7 Å². The van der Waals surface area contributed by atoms with Crippen molar-refractivity contribution in [2.75, 3.05) is 58.9 Å². The smallest absolute Gasteiger partial charge is 0.253 e. The highest BCUT2D eigenvalue weighted by molar-refractivity contribution is 6.00. The molecule has 4 heterocycles. The molecule has 2 saturated heterocycles. The number of morpholine rings is 1. The molecule has 0 unspecified atom stereocenters. The number of H-pyrrole nitrogens is 1. The lowest BCUT2D eigenvalue weighted by atomic mass is 9.99. The number of benzene rings is 1. The number of nitrogens with one attached hydrogen (secondary N) is 2. The first-order valence-electron chi connectivity index (χ1n) is 11.6. The van der Waals surface area contributed by atoms with E-state index in [1.807, 2.05) is 48.6 Å². The number of rotatable bonds is 5. The molecule has 2 aliphatic rings. The predicted molar refractivity (Wildman–Crippen MR) is 129 cm³/mol. The van der Waals surface area contributed by atoms with Gasteiger partial charge in [-0.25, -0.2) is 4.98 Å². The molecule has 2 aromatic heterocycles. The molecule has 0 bridgehead atoms. The van der Waals surface area contributed by atoms with Crippen molar-refractivity contribution in [2.45, 2.75) is 18.9 Å². The van der Waals surface area contributed by atoms with Crippen molar-refractivity contribution in [1.82, 2.24) is 19.8 Å². The van der Waals surface area contributed by atoms with Gasteiger partial charge in [-0.05, 0) is 37.1 Å². The summed E-state index contributed by atoms with van der Waals surface area (Å²) in [6, 6.07) is 8.26. The molecule has 5 rings (SSSR count). The lowest BCUT2D eigenvalue weighted by molar-refractivity contribution is 0.00159. The van der Waals surface area contributed by atoms with Gasteiger partial charge in [-0.2, -0.15) is 0 Å². The Labute approximate surface area is 193 Å². The average Bonchev–Trinajstić information content (AvgIpc) is 3.37. The number of methoxy groups -OCH3 is 1. The summed E-state index contributed by atoms with van der Waals surface area (Å²) in [5.41, 5.74) is 4.30. The number of piperidine rings is 1. The fourth-order valence-corrected chi connectivity index (χ4v) is 5.09. The minimum atomic E-state index is 0.0633. The summed E-state index contributed by atoms with van der Waals surface area (Å²) in [6.45, 7) is 5.18. The Hall–Kier alpha value is -3.10. The van der Waals surface area contributed by atoms with E-state index >= 15 is 0 Å². The van der Waals surface area contributed by atoms with Gasteiger partial charge in [0.05, 0.1) is 26.0 Å². The maximum absolute atomic E-state index is 13.3. The maximum Gasteiger partial charge on any atom is 0.253 e. The summed E-state index contributed by atoms with van der Waals surface area (Å²) in [4.78, 5) is 25.4. The lowest BCUT2D eigenvalue weighted by Crippen LogP contribution is -2.50. The van der Waals surface area contributed by atoms with Gasteiger partial charge in [0.2, 0.25) is 0 Å². The second-order valence-corrected chi connectivity index (χ2v) is 8.62. The summed E-state index contributed by atoms with van der Waals surface area (Å²) in [5, 5.41) is 4.31. The molecule has 8 nitrogen and oxygen atoms in total. The molecule has 174 valence electrons. The van der Waals surface area contributed by atoms with Crippen molar-refractivity contribution >= 4 is 22.6 Å². The Bertz CT molecular complexity index is 1130. The van der Waals surface area contributed by atoms with Crippen molar-refractivity contribution in [2.24, 2.45) is 0 Å². The zero-order valence-electron chi connectivity index (χ0n) is 19.3. The molecule has 1 amide bonds. The number of aromatic nitrogens is 2. The Balaban J connectivity index is 1.35. The Morgan fingerprint density at radius 3 is 2.67 bits per heavy atom. The standard InChI is InChI=1S/C25H31N5O3/c1-26-23-20-5-8-27-24(20)28-16-21(23)19-4-3-17(15-22(19)32-2)25(31)30-9-6-18(7-10-30)29-11-13-33-14-12-29/h3-5,8,15-16,18H,6-7,9-14H2,1-2H3,(H2,26,27,28). The van der Waals surface area contributed by atoms with Crippen LogP contribution in [0.5, 0.6) is 5.75 Å². The summed E-state index contributed by atoms with van der Waals surface area (Å²) in [5.74, 6) is 0.727. The zero-order valence-corrected chi connectivity index (χ0v) is 19.3. The van der Waals surface area contributed by atoms with Gasteiger partial charge < -0.3 is 24.7 Å². The minimum absolute atomic E-state index is 0.0633. The number of nitrogens with zero attached hydrogens (tertiary/aromatic N) is 3. The Morgan fingerprint density at radius 2 is 1.94 bits per heavy atom. The molecule has 33 heavy (non-hydrogen) atoms. The molecule has 0 spiro atoms. The minimum Gasteiger partial charge on any atom is -0.496 e. The third kappa shape index (κ3) is 4.16. The molecule has 1 aromatic carbocycles. The molecule has 0 atom stereocenters. The van der Waals surface area contributed by atoms with Crippen LogP contribution in [-0.4, -0.2) is 85.3 Å². The van der Waals surface area contributed by atoms with Crippen LogP contribution in [-0.2, 0) is 4.74 Å². The van der Waals surface area contributed by atoms with Gasteiger partial charge in [-0.15, -0.1) is 0 Å². The monoisotopic (exact) mass is 449 g/mol. The number of carbonyl (C=O) groups is 1. The molecule has 0 saturated carbocycles.